The molecule has 1 aliphatic heterocycles. The molecule has 0 saturated carbocycles. The van der Waals surface area contributed by atoms with Crippen molar-refractivity contribution >= 4 is 5.71 Å². The maximum atomic E-state index is 9.28. The lowest BCUT2D eigenvalue weighted by atomic mass is 9.87. The number of oxime groups is 1. The molecular formula is C18H20N2O. The molecule has 1 heterocycles. The van der Waals surface area contributed by atoms with Gasteiger partial charge in [0.1, 0.15) is 0 Å². The highest BCUT2D eigenvalue weighted by molar-refractivity contribution is 5.86. The summed E-state index contributed by atoms with van der Waals surface area (Å²) in [7, 11) is 2.16. The summed E-state index contributed by atoms with van der Waals surface area (Å²) >= 11 is 0. The van der Waals surface area contributed by atoms with Crippen LogP contribution in [0, 0.1) is 0 Å². The van der Waals surface area contributed by atoms with E-state index in [1.54, 1.807) is 0 Å². The van der Waals surface area contributed by atoms with Gasteiger partial charge in [-0.1, -0.05) is 65.8 Å². The minimum absolute atomic E-state index is 0.246. The molecule has 0 spiro atoms. The zero-order chi connectivity index (χ0) is 14.7. The highest BCUT2D eigenvalue weighted by Gasteiger charge is 2.33. The minimum atomic E-state index is 0.246. The second-order valence-electron chi connectivity index (χ2n) is 5.59. The van der Waals surface area contributed by atoms with Gasteiger partial charge in [-0.15, -0.1) is 0 Å². The Balaban J connectivity index is 1.95. The Hall–Kier alpha value is -2.13. The van der Waals surface area contributed by atoms with Crippen LogP contribution in [0.4, 0.5) is 0 Å². The zero-order valence-corrected chi connectivity index (χ0v) is 12.2. The number of nitrogens with zero attached hydrogens (tertiary/aromatic N) is 2. The summed E-state index contributed by atoms with van der Waals surface area (Å²) in [6.45, 7) is 0. The average Bonchev–Trinajstić information content (AvgIpc) is 2.57. The second kappa shape index (κ2) is 6.10. The largest absolute Gasteiger partial charge is 0.411 e. The molecule has 0 bridgehead atoms. The standard InChI is InChI=1S/C18H20N2O/c1-20-17(14-8-4-2-5-9-14)12-16(19-21)13-18(20)15-10-6-3-7-11-15/h2-11,17-18,21H,12-13H2,1H3/t17-,18-/m0/s1. The Kier molecular flexibility index (Phi) is 4.02. The van der Waals surface area contributed by atoms with Gasteiger partial charge in [-0.2, -0.15) is 0 Å². The molecule has 3 rings (SSSR count). The van der Waals surface area contributed by atoms with Crippen molar-refractivity contribution < 1.29 is 5.21 Å². The van der Waals surface area contributed by atoms with Crippen LogP contribution in [-0.2, 0) is 0 Å². The Morgan fingerprint density at radius 3 is 1.67 bits per heavy atom. The van der Waals surface area contributed by atoms with Crippen LogP contribution in [-0.4, -0.2) is 22.9 Å². The van der Waals surface area contributed by atoms with Crippen LogP contribution < -0.4 is 0 Å². The van der Waals surface area contributed by atoms with Crippen LogP contribution in [0.3, 0.4) is 0 Å². The Morgan fingerprint density at radius 1 is 0.857 bits per heavy atom. The number of benzene rings is 2. The molecule has 21 heavy (non-hydrogen) atoms. The van der Waals surface area contributed by atoms with Crippen LogP contribution >= 0.6 is 0 Å². The van der Waals surface area contributed by atoms with Gasteiger partial charge < -0.3 is 5.21 Å². The average molecular weight is 280 g/mol. The lowest BCUT2D eigenvalue weighted by Crippen LogP contribution is -2.37. The van der Waals surface area contributed by atoms with Crippen molar-refractivity contribution in [1.29, 1.82) is 0 Å². The fourth-order valence-corrected chi connectivity index (χ4v) is 3.17. The van der Waals surface area contributed by atoms with E-state index < -0.39 is 0 Å². The molecule has 1 saturated heterocycles. The monoisotopic (exact) mass is 280 g/mol. The van der Waals surface area contributed by atoms with Gasteiger partial charge in [0.15, 0.2) is 0 Å². The molecular weight excluding hydrogens is 260 g/mol. The van der Waals surface area contributed by atoms with Crippen molar-refractivity contribution in [1.82, 2.24) is 4.90 Å². The SMILES string of the molecule is CN1[C@H](c2ccccc2)CC(=NO)C[C@H]1c1ccccc1. The molecule has 0 aliphatic carbocycles. The summed E-state index contributed by atoms with van der Waals surface area (Å²) in [5, 5.41) is 12.8. The molecule has 1 N–H and O–H groups in total. The van der Waals surface area contributed by atoms with Gasteiger partial charge in [0.25, 0.3) is 0 Å². The van der Waals surface area contributed by atoms with Crippen LogP contribution in [0.5, 0.6) is 0 Å². The number of piperidine rings is 1. The smallest absolute Gasteiger partial charge is 0.0608 e. The van der Waals surface area contributed by atoms with Gasteiger partial charge in [-0.3, -0.25) is 4.90 Å². The number of hydrogen-bond acceptors (Lipinski definition) is 3. The van der Waals surface area contributed by atoms with Crippen LogP contribution in [0.1, 0.15) is 36.1 Å². The van der Waals surface area contributed by atoms with Crippen molar-refractivity contribution in [2.24, 2.45) is 5.16 Å². The van der Waals surface area contributed by atoms with Gasteiger partial charge >= 0.3 is 0 Å². The quantitative estimate of drug-likeness (QED) is 0.666. The van der Waals surface area contributed by atoms with Crippen LogP contribution in [0.25, 0.3) is 0 Å². The molecule has 2 aromatic rings. The summed E-state index contributed by atoms with van der Waals surface area (Å²) in [6, 6.07) is 21.4. The summed E-state index contributed by atoms with van der Waals surface area (Å²) < 4.78 is 0. The van der Waals surface area contributed by atoms with Crippen molar-refractivity contribution in [3.8, 4) is 0 Å². The molecule has 108 valence electrons. The fraction of sp³-hybridized carbons (Fsp3) is 0.278. The lowest BCUT2D eigenvalue weighted by Gasteiger charge is -2.40. The third-order valence-electron chi connectivity index (χ3n) is 4.35. The first-order chi connectivity index (χ1) is 10.3. The van der Waals surface area contributed by atoms with Crippen molar-refractivity contribution in [2.45, 2.75) is 24.9 Å². The number of hydrogen-bond donors (Lipinski definition) is 1. The first-order valence-electron chi connectivity index (χ1n) is 7.31. The normalized spacial score (nSPS) is 23.0. The van der Waals surface area contributed by atoms with E-state index in [0.717, 1.165) is 18.6 Å². The van der Waals surface area contributed by atoms with E-state index in [2.05, 4.69) is 65.6 Å². The molecule has 3 nitrogen and oxygen atoms in total. The highest BCUT2D eigenvalue weighted by Crippen LogP contribution is 2.38. The predicted octanol–water partition coefficient (Wildman–Crippen LogP) is 4.02. The molecule has 0 radical (unpaired) electrons. The maximum Gasteiger partial charge on any atom is 0.0608 e. The summed E-state index contributed by atoms with van der Waals surface area (Å²) in [4.78, 5) is 2.39. The van der Waals surface area contributed by atoms with E-state index in [1.807, 2.05) is 12.1 Å². The topological polar surface area (TPSA) is 35.8 Å². The zero-order valence-electron chi connectivity index (χ0n) is 12.2. The van der Waals surface area contributed by atoms with Gasteiger partial charge in [-0.25, -0.2) is 0 Å². The van der Waals surface area contributed by atoms with Gasteiger partial charge in [0.2, 0.25) is 0 Å². The van der Waals surface area contributed by atoms with Gasteiger partial charge in [-0.05, 0) is 18.2 Å². The van der Waals surface area contributed by atoms with Crippen molar-refractivity contribution in [2.75, 3.05) is 7.05 Å². The molecule has 3 heteroatoms. The van der Waals surface area contributed by atoms with Crippen LogP contribution in [0.15, 0.2) is 65.8 Å². The van der Waals surface area contributed by atoms with Crippen LogP contribution in [0.2, 0.25) is 0 Å². The van der Waals surface area contributed by atoms with E-state index >= 15 is 0 Å². The number of rotatable bonds is 2. The Bertz CT molecular complexity index is 558. The van der Waals surface area contributed by atoms with Crippen molar-refractivity contribution in [3.05, 3.63) is 71.8 Å². The fourth-order valence-electron chi connectivity index (χ4n) is 3.17. The molecule has 0 unspecified atom stereocenters. The van der Waals surface area contributed by atoms with E-state index in [9.17, 15) is 5.21 Å². The Labute approximate surface area is 125 Å². The third kappa shape index (κ3) is 2.83. The molecule has 0 aromatic heterocycles. The molecule has 2 aromatic carbocycles. The minimum Gasteiger partial charge on any atom is -0.411 e. The molecule has 1 fully saturated rings. The van der Waals surface area contributed by atoms with E-state index in [0.29, 0.717) is 0 Å². The van der Waals surface area contributed by atoms with Gasteiger partial charge in [0.05, 0.1) is 5.71 Å². The summed E-state index contributed by atoms with van der Waals surface area (Å²) in [5.41, 5.74) is 3.40. The third-order valence-corrected chi connectivity index (χ3v) is 4.35. The second-order valence-corrected chi connectivity index (χ2v) is 5.59. The number of likely N-dealkylation sites (tertiary alicyclic amines) is 1. The molecule has 0 amide bonds. The summed E-state index contributed by atoms with van der Waals surface area (Å²) in [6.07, 6.45) is 1.56. The first-order valence-corrected chi connectivity index (χ1v) is 7.31. The summed E-state index contributed by atoms with van der Waals surface area (Å²) in [5.74, 6) is 0. The molecule has 2 atom stereocenters. The maximum absolute atomic E-state index is 9.28. The lowest BCUT2D eigenvalue weighted by molar-refractivity contribution is 0.159. The van der Waals surface area contributed by atoms with E-state index in [-0.39, 0.29) is 12.1 Å². The molecule has 1 aliphatic rings. The first kappa shape index (κ1) is 13.8. The van der Waals surface area contributed by atoms with E-state index in [1.165, 1.54) is 11.1 Å². The van der Waals surface area contributed by atoms with Crippen molar-refractivity contribution in [3.63, 3.8) is 0 Å². The van der Waals surface area contributed by atoms with E-state index in [4.69, 9.17) is 0 Å². The Morgan fingerprint density at radius 2 is 1.29 bits per heavy atom. The predicted molar refractivity (Wildman–Crippen MR) is 84.6 cm³/mol. The highest BCUT2D eigenvalue weighted by atomic mass is 16.4. The van der Waals surface area contributed by atoms with Gasteiger partial charge in [0, 0.05) is 24.9 Å².